The van der Waals surface area contributed by atoms with Crippen molar-refractivity contribution in [1.29, 1.82) is 0 Å². The normalized spacial score (nSPS) is 15.0. The Morgan fingerprint density at radius 3 is 3.05 bits per heavy atom. The van der Waals surface area contributed by atoms with Crippen molar-refractivity contribution in [2.75, 3.05) is 25.0 Å². The van der Waals surface area contributed by atoms with Crippen LogP contribution >= 0.6 is 11.6 Å². The Morgan fingerprint density at radius 2 is 2.33 bits per heavy atom. The molecular formula is C14H16ClN5O. The fourth-order valence-electron chi connectivity index (χ4n) is 2.54. The smallest absolute Gasteiger partial charge is 0.245 e. The number of fused-ring (bicyclic) bond motifs is 1. The molecule has 3 heterocycles. The Morgan fingerprint density at radius 1 is 1.57 bits per heavy atom. The van der Waals surface area contributed by atoms with Crippen molar-refractivity contribution in [1.82, 2.24) is 19.4 Å². The van der Waals surface area contributed by atoms with E-state index in [2.05, 4.69) is 21.9 Å². The van der Waals surface area contributed by atoms with Crippen molar-refractivity contribution >= 4 is 34.4 Å². The Labute approximate surface area is 127 Å². The van der Waals surface area contributed by atoms with Crippen LogP contribution in [0.4, 0.5) is 5.82 Å². The van der Waals surface area contributed by atoms with Crippen molar-refractivity contribution in [3.8, 4) is 0 Å². The summed E-state index contributed by atoms with van der Waals surface area (Å²) in [5, 5.41) is 3.54. The number of hydrogen-bond donors (Lipinski definition) is 1. The largest absolute Gasteiger partial charge is 0.368 e. The Bertz CT molecular complexity index is 705. The molecule has 0 bridgehead atoms. The van der Waals surface area contributed by atoms with E-state index in [9.17, 15) is 4.79 Å². The van der Waals surface area contributed by atoms with Gasteiger partial charge in [0, 0.05) is 38.8 Å². The average Bonchev–Trinajstić information content (AvgIpc) is 2.77. The number of likely N-dealkylation sites (tertiary alicyclic amines) is 1. The van der Waals surface area contributed by atoms with E-state index in [0.717, 1.165) is 36.5 Å². The Hall–Kier alpha value is -2.08. The molecule has 1 aliphatic heterocycles. The van der Waals surface area contributed by atoms with Gasteiger partial charge >= 0.3 is 0 Å². The summed E-state index contributed by atoms with van der Waals surface area (Å²) in [6.07, 6.45) is 3.27. The number of nitrogens with zero attached hydrogens (tertiary/aromatic N) is 4. The summed E-state index contributed by atoms with van der Waals surface area (Å²) < 4.78 is 1.96. The van der Waals surface area contributed by atoms with E-state index in [4.69, 9.17) is 11.6 Å². The van der Waals surface area contributed by atoms with Crippen LogP contribution in [-0.4, -0.2) is 45.0 Å². The van der Waals surface area contributed by atoms with E-state index in [1.165, 1.54) is 6.08 Å². The summed E-state index contributed by atoms with van der Waals surface area (Å²) in [6, 6.07) is 1.90. The third-order valence-corrected chi connectivity index (χ3v) is 3.86. The van der Waals surface area contributed by atoms with Gasteiger partial charge in [-0.15, -0.1) is 0 Å². The van der Waals surface area contributed by atoms with E-state index in [0.29, 0.717) is 5.92 Å². The standard InChI is InChI=1S/C14H16ClN5O/c1-3-11(21)20-7-9(8-20)6-16-13-12-10(4-5-19(12)2)17-14(15)18-13/h3-5,9H,1,6-8H2,2H3,(H,16,17,18). The van der Waals surface area contributed by atoms with E-state index in [1.807, 2.05) is 23.9 Å². The second-order valence-corrected chi connectivity index (χ2v) is 5.53. The van der Waals surface area contributed by atoms with Crippen molar-refractivity contribution in [3.05, 3.63) is 30.2 Å². The number of carbonyl (C=O) groups is 1. The summed E-state index contributed by atoms with van der Waals surface area (Å²) in [6.45, 7) is 5.72. The SMILES string of the molecule is C=CC(=O)N1CC(CNc2nc(Cl)nc3ccn(C)c23)C1. The molecule has 0 radical (unpaired) electrons. The molecule has 0 spiro atoms. The number of anilines is 1. The summed E-state index contributed by atoms with van der Waals surface area (Å²) >= 11 is 5.94. The topological polar surface area (TPSA) is 63.1 Å². The molecule has 2 aromatic rings. The zero-order valence-corrected chi connectivity index (χ0v) is 12.5. The second kappa shape index (κ2) is 5.37. The molecule has 0 aliphatic carbocycles. The fraction of sp³-hybridized carbons (Fsp3) is 0.357. The zero-order chi connectivity index (χ0) is 15.0. The molecule has 1 saturated heterocycles. The molecule has 110 valence electrons. The van der Waals surface area contributed by atoms with Crippen LogP contribution in [0.3, 0.4) is 0 Å². The van der Waals surface area contributed by atoms with Gasteiger partial charge in [-0.05, 0) is 23.7 Å². The maximum Gasteiger partial charge on any atom is 0.245 e. The van der Waals surface area contributed by atoms with Crippen LogP contribution in [0, 0.1) is 5.92 Å². The molecule has 3 rings (SSSR count). The maximum atomic E-state index is 11.4. The second-order valence-electron chi connectivity index (χ2n) is 5.20. The third kappa shape index (κ3) is 2.58. The van der Waals surface area contributed by atoms with Gasteiger partial charge in [-0.25, -0.2) is 4.98 Å². The predicted octanol–water partition coefficient (Wildman–Crippen LogP) is 1.68. The van der Waals surface area contributed by atoms with Gasteiger partial charge in [0.25, 0.3) is 0 Å². The third-order valence-electron chi connectivity index (χ3n) is 3.69. The number of aromatic nitrogens is 3. The highest BCUT2D eigenvalue weighted by Crippen LogP contribution is 2.24. The van der Waals surface area contributed by atoms with Gasteiger partial charge in [0.05, 0.1) is 5.52 Å². The van der Waals surface area contributed by atoms with Crippen LogP contribution in [-0.2, 0) is 11.8 Å². The predicted molar refractivity (Wildman–Crippen MR) is 82.3 cm³/mol. The maximum absolute atomic E-state index is 11.4. The minimum Gasteiger partial charge on any atom is -0.368 e. The number of nitrogens with one attached hydrogen (secondary N) is 1. The highest BCUT2D eigenvalue weighted by molar-refractivity contribution is 6.28. The average molecular weight is 306 g/mol. The minimum absolute atomic E-state index is 0.0128. The summed E-state index contributed by atoms with van der Waals surface area (Å²) in [7, 11) is 1.94. The highest BCUT2D eigenvalue weighted by Gasteiger charge is 2.29. The van der Waals surface area contributed by atoms with Crippen LogP contribution in [0.1, 0.15) is 0 Å². The molecule has 21 heavy (non-hydrogen) atoms. The monoisotopic (exact) mass is 305 g/mol. The lowest BCUT2D eigenvalue weighted by molar-refractivity contribution is -0.131. The van der Waals surface area contributed by atoms with Crippen molar-refractivity contribution in [2.24, 2.45) is 13.0 Å². The first-order valence-electron chi connectivity index (χ1n) is 6.72. The van der Waals surface area contributed by atoms with Gasteiger partial charge in [-0.1, -0.05) is 6.58 Å². The number of carbonyl (C=O) groups excluding carboxylic acids is 1. The van der Waals surface area contributed by atoms with Crippen molar-refractivity contribution in [3.63, 3.8) is 0 Å². The van der Waals surface area contributed by atoms with E-state index < -0.39 is 0 Å². The lowest BCUT2D eigenvalue weighted by atomic mass is 10.00. The lowest BCUT2D eigenvalue weighted by Crippen LogP contribution is -2.51. The first-order valence-corrected chi connectivity index (χ1v) is 7.10. The van der Waals surface area contributed by atoms with Gasteiger partial charge in [-0.3, -0.25) is 4.79 Å². The number of aryl methyl sites for hydroxylation is 1. The summed E-state index contributed by atoms with van der Waals surface area (Å²) in [5.41, 5.74) is 1.75. The molecule has 1 N–H and O–H groups in total. The fourth-order valence-corrected chi connectivity index (χ4v) is 2.71. The van der Waals surface area contributed by atoms with Gasteiger partial charge in [-0.2, -0.15) is 4.98 Å². The molecule has 0 aromatic carbocycles. The van der Waals surface area contributed by atoms with Crippen LogP contribution in [0.5, 0.6) is 0 Å². The van der Waals surface area contributed by atoms with Crippen LogP contribution in [0.2, 0.25) is 5.28 Å². The van der Waals surface area contributed by atoms with Gasteiger partial charge < -0.3 is 14.8 Å². The van der Waals surface area contributed by atoms with Crippen LogP contribution in [0.25, 0.3) is 11.0 Å². The van der Waals surface area contributed by atoms with E-state index >= 15 is 0 Å². The first kappa shape index (κ1) is 13.9. The molecule has 1 aliphatic rings. The molecule has 0 unspecified atom stereocenters. The number of rotatable bonds is 4. The van der Waals surface area contributed by atoms with E-state index in [1.54, 1.807) is 4.90 Å². The molecule has 6 nitrogen and oxygen atoms in total. The van der Waals surface area contributed by atoms with Gasteiger partial charge in [0.1, 0.15) is 5.52 Å². The number of hydrogen-bond acceptors (Lipinski definition) is 4. The van der Waals surface area contributed by atoms with Crippen molar-refractivity contribution in [2.45, 2.75) is 0 Å². The molecule has 1 fully saturated rings. The molecule has 7 heteroatoms. The van der Waals surface area contributed by atoms with Gasteiger partial charge in [0.2, 0.25) is 11.2 Å². The lowest BCUT2D eigenvalue weighted by Gasteiger charge is -2.38. The Kier molecular flexibility index (Phi) is 3.55. The van der Waals surface area contributed by atoms with Crippen LogP contribution < -0.4 is 5.32 Å². The molecule has 0 saturated carbocycles. The summed E-state index contributed by atoms with van der Waals surface area (Å²) in [5.74, 6) is 1.13. The van der Waals surface area contributed by atoms with Crippen molar-refractivity contribution < 1.29 is 4.79 Å². The quantitative estimate of drug-likeness (QED) is 0.689. The first-order chi connectivity index (χ1) is 10.1. The zero-order valence-electron chi connectivity index (χ0n) is 11.7. The number of amides is 1. The molecule has 2 aromatic heterocycles. The van der Waals surface area contributed by atoms with Crippen LogP contribution in [0.15, 0.2) is 24.9 Å². The molecular weight excluding hydrogens is 290 g/mol. The Balaban J connectivity index is 1.68. The van der Waals surface area contributed by atoms with Gasteiger partial charge in [0.15, 0.2) is 5.82 Å². The highest BCUT2D eigenvalue weighted by atomic mass is 35.5. The number of halogens is 1. The van der Waals surface area contributed by atoms with E-state index in [-0.39, 0.29) is 11.2 Å². The minimum atomic E-state index is -0.0128. The summed E-state index contributed by atoms with van der Waals surface area (Å²) in [4.78, 5) is 21.6. The molecule has 1 amide bonds. The molecule has 0 atom stereocenters.